The lowest BCUT2D eigenvalue weighted by atomic mass is 10.2. The normalized spacial score (nSPS) is 10.4. The van der Waals surface area contributed by atoms with Crippen LogP contribution in [0.3, 0.4) is 0 Å². The number of nitrogens with zero attached hydrogens (tertiary/aromatic N) is 3. The molecule has 2 aromatic carbocycles. The van der Waals surface area contributed by atoms with Crippen LogP contribution < -0.4 is 10.6 Å². The molecule has 3 aromatic rings. The number of hydrogen-bond acceptors (Lipinski definition) is 4. The van der Waals surface area contributed by atoms with E-state index in [1.54, 1.807) is 30.3 Å². The molecule has 0 aliphatic rings. The first kappa shape index (κ1) is 17.2. The fourth-order valence-electron chi connectivity index (χ4n) is 2.11. The van der Waals surface area contributed by atoms with Crippen LogP contribution in [0.25, 0.3) is 0 Å². The minimum absolute atomic E-state index is 0.0412. The zero-order valence-corrected chi connectivity index (χ0v) is 13.3. The van der Waals surface area contributed by atoms with Crippen molar-refractivity contribution in [3.8, 4) is 0 Å². The quantitative estimate of drug-likeness (QED) is 0.734. The van der Waals surface area contributed by atoms with E-state index in [0.717, 1.165) is 12.1 Å². The number of carbonyl (C=O) groups excluding carboxylic acids is 2. The molecule has 3 rings (SSSR count). The van der Waals surface area contributed by atoms with Crippen molar-refractivity contribution >= 4 is 23.5 Å². The summed E-state index contributed by atoms with van der Waals surface area (Å²) < 4.78 is 27.2. The number of benzene rings is 2. The maximum atomic E-state index is 13.1. The Balaban J connectivity index is 1.58. The van der Waals surface area contributed by atoms with Crippen molar-refractivity contribution in [2.75, 3.05) is 10.6 Å². The molecule has 0 bridgehead atoms. The smallest absolute Gasteiger partial charge is 0.258 e. The van der Waals surface area contributed by atoms with Crippen LogP contribution in [0.15, 0.2) is 54.9 Å². The molecule has 1 aromatic heterocycles. The maximum Gasteiger partial charge on any atom is 0.258 e. The summed E-state index contributed by atoms with van der Waals surface area (Å²) in [6, 6.07) is 11.5. The zero-order chi connectivity index (χ0) is 18.5. The second-order valence-electron chi connectivity index (χ2n) is 5.26. The molecule has 0 saturated heterocycles. The Kier molecular flexibility index (Phi) is 4.97. The molecule has 0 saturated carbocycles. The average molecular weight is 357 g/mol. The lowest BCUT2D eigenvalue weighted by Crippen LogP contribution is -2.19. The van der Waals surface area contributed by atoms with Crippen molar-refractivity contribution in [3.63, 3.8) is 0 Å². The predicted molar refractivity (Wildman–Crippen MR) is 89.4 cm³/mol. The van der Waals surface area contributed by atoms with Crippen LogP contribution in [0.2, 0.25) is 0 Å². The summed E-state index contributed by atoms with van der Waals surface area (Å²) in [6.45, 7) is -0.215. The Morgan fingerprint density at radius 3 is 2.50 bits per heavy atom. The summed E-state index contributed by atoms with van der Waals surface area (Å²) in [6.07, 6.45) is 1.27. The Morgan fingerprint density at radius 2 is 1.77 bits per heavy atom. The van der Waals surface area contributed by atoms with Crippen LogP contribution in [0.5, 0.6) is 0 Å². The third kappa shape index (κ3) is 4.26. The Labute approximate surface area is 146 Å². The van der Waals surface area contributed by atoms with Crippen molar-refractivity contribution in [1.82, 2.24) is 14.8 Å². The topological polar surface area (TPSA) is 88.9 Å². The molecule has 0 unspecified atom stereocenters. The van der Waals surface area contributed by atoms with Gasteiger partial charge < -0.3 is 5.32 Å². The van der Waals surface area contributed by atoms with E-state index in [4.69, 9.17) is 0 Å². The third-order valence-corrected chi connectivity index (χ3v) is 3.31. The van der Waals surface area contributed by atoms with Crippen molar-refractivity contribution in [3.05, 3.63) is 72.1 Å². The molecule has 7 nitrogen and oxygen atoms in total. The van der Waals surface area contributed by atoms with Crippen LogP contribution >= 0.6 is 0 Å². The molecule has 2 N–H and O–H groups in total. The van der Waals surface area contributed by atoms with E-state index in [1.807, 2.05) is 0 Å². The van der Waals surface area contributed by atoms with E-state index in [1.165, 1.54) is 17.1 Å². The van der Waals surface area contributed by atoms with E-state index in [-0.39, 0.29) is 24.1 Å². The fourth-order valence-corrected chi connectivity index (χ4v) is 2.11. The van der Waals surface area contributed by atoms with Gasteiger partial charge in [-0.3, -0.25) is 14.9 Å². The van der Waals surface area contributed by atoms with Gasteiger partial charge in [-0.15, -0.1) is 5.10 Å². The summed E-state index contributed by atoms with van der Waals surface area (Å²) in [5, 5.41) is 8.89. The van der Waals surface area contributed by atoms with Crippen molar-refractivity contribution in [2.24, 2.45) is 0 Å². The maximum absolute atomic E-state index is 13.1. The second kappa shape index (κ2) is 7.51. The lowest BCUT2D eigenvalue weighted by Gasteiger charge is -2.05. The molecule has 9 heteroatoms. The first-order valence-electron chi connectivity index (χ1n) is 7.52. The predicted octanol–water partition coefficient (Wildman–Crippen LogP) is 2.45. The van der Waals surface area contributed by atoms with E-state index < -0.39 is 17.5 Å². The van der Waals surface area contributed by atoms with Gasteiger partial charge in [0, 0.05) is 17.3 Å². The molecule has 0 aliphatic carbocycles. The number of hydrogen-bond donors (Lipinski definition) is 2. The third-order valence-electron chi connectivity index (χ3n) is 3.31. The van der Waals surface area contributed by atoms with Crippen LogP contribution in [0.1, 0.15) is 10.4 Å². The van der Waals surface area contributed by atoms with E-state index in [2.05, 4.69) is 20.7 Å². The molecule has 0 spiro atoms. The zero-order valence-electron chi connectivity index (χ0n) is 13.3. The van der Waals surface area contributed by atoms with Crippen molar-refractivity contribution < 1.29 is 18.4 Å². The number of amides is 2. The molecular weight excluding hydrogens is 344 g/mol. The van der Waals surface area contributed by atoms with Crippen LogP contribution in [-0.2, 0) is 11.3 Å². The molecule has 0 radical (unpaired) electrons. The molecular formula is C17H13F2N5O2. The largest absolute Gasteiger partial charge is 0.324 e. The number of halogens is 2. The number of carbonyl (C=O) groups is 2. The highest BCUT2D eigenvalue weighted by Crippen LogP contribution is 2.13. The van der Waals surface area contributed by atoms with E-state index in [0.29, 0.717) is 5.56 Å². The summed E-state index contributed by atoms with van der Waals surface area (Å²) in [7, 11) is 0. The highest BCUT2D eigenvalue weighted by atomic mass is 19.2. The van der Waals surface area contributed by atoms with Gasteiger partial charge in [0.05, 0.1) is 0 Å². The first-order valence-corrected chi connectivity index (χ1v) is 7.52. The number of aromatic nitrogens is 3. The van der Waals surface area contributed by atoms with Crippen molar-refractivity contribution in [2.45, 2.75) is 6.54 Å². The highest BCUT2D eigenvalue weighted by Gasteiger charge is 2.11. The molecule has 0 atom stereocenters. The summed E-state index contributed by atoms with van der Waals surface area (Å²) >= 11 is 0. The lowest BCUT2D eigenvalue weighted by molar-refractivity contribution is -0.116. The van der Waals surface area contributed by atoms with Gasteiger partial charge in [0.1, 0.15) is 12.9 Å². The SMILES string of the molecule is O=C(Cn1cnc(NC(=O)c2ccccc2)n1)Nc1ccc(F)c(F)c1. The van der Waals surface area contributed by atoms with Crippen LogP contribution in [-0.4, -0.2) is 26.6 Å². The van der Waals surface area contributed by atoms with Gasteiger partial charge in [0.25, 0.3) is 5.91 Å². The minimum atomic E-state index is -1.06. The Hall–Kier alpha value is -3.62. The first-order chi connectivity index (χ1) is 12.5. The molecule has 1 heterocycles. The fraction of sp³-hybridized carbons (Fsp3) is 0.0588. The molecule has 0 fully saturated rings. The van der Waals surface area contributed by atoms with Crippen molar-refractivity contribution in [1.29, 1.82) is 0 Å². The monoisotopic (exact) mass is 357 g/mol. The van der Waals surface area contributed by atoms with Crippen LogP contribution in [0, 0.1) is 11.6 Å². The number of nitrogens with one attached hydrogen (secondary N) is 2. The van der Waals surface area contributed by atoms with Gasteiger partial charge in [-0.2, -0.15) is 0 Å². The van der Waals surface area contributed by atoms with E-state index in [9.17, 15) is 18.4 Å². The Morgan fingerprint density at radius 1 is 1.00 bits per heavy atom. The van der Waals surface area contributed by atoms with Crippen LogP contribution in [0.4, 0.5) is 20.4 Å². The summed E-state index contributed by atoms with van der Waals surface area (Å²) in [5.41, 5.74) is 0.562. The summed E-state index contributed by atoms with van der Waals surface area (Å²) in [5.74, 6) is -2.91. The van der Waals surface area contributed by atoms with Gasteiger partial charge in [0.2, 0.25) is 11.9 Å². The molecule has 0 aliphatic heterocycles. The average Bonchev–Trinajstić information content (AvgIpc) is 3.05. The van der Waals surface area contributed by atoms with Gasteiger partial charge in [0.15, 0.2) is 11.6 Å². The molecule has 132 valence electrons. The van der Waals surface area contributed by atoms with Gasteiger partial charge in [-0.05, 0) is 24.3 Å². The number of anilines is 2. The van der Waals surface area contributed by atoms with Gasteiger partial charge >= 0.3 is 0 Å². The van der Waals surface area contributed by atoms with Gasteiger partial charge in [-0.25, -0.2) is 18.4 Å². The standard InChI is InChI=1S/C17H13F2N5O2/c18-13-7-6-12(8-14(13)19)21-15(25)9-24-10-20-17(23-24)22-16(26)11-4-2-1-3-5-11/h1-8,10H,9H2,(H,21,25)(H,22,23,26). The number of rotatable bonds is 5. The van der Waals surface area contributed by atoms with E-state index >= 15 is 0 Å². The second-order valence-corrected chi connectivity index (χ2v) is 5.26. The summed E-state index contributed by atoms with van der Waals surface area (Å²) in [4.78, 5) is 27.8. The highest BCUT2D eigenvalue weighted by molar-refractivity contribution is 6.03. The Bertz CT molecular complexity index is 943. The molecule has 26 heavy (non-hydrogen) atoms. The molecule has 2 amide bonds. The minimum Gasteiger partial charge on any atom is -0.324 e. The van der Waals surface area contributed by atoms with Gasteiger partial charge in [-0.1, -0.05) is 18.2 Å².